The number of fused-ring (bicyclic) bond motifs is 2. The molecule has 26 heavy (non-hydrogen) atoms. The fourth-order valence-electron chi connectivity index (χ4n) is 3.34. The highest BCUT2D eigenvalue weighted by molar-refractivity contribution is 5.89. The van der Waals surface area contributed by atoms with E-state index in [1.54, 1.807) is 23.1 Å². The Labute approximate surface area is 148 Å². The Balaban J connectivity index is 1.49. The number of halogens is 1. The van der Waals surface area contributed by atoms with Gasteiger partial charge < -0.3 is 25.2 Å². The maximum absolute atomic E-state index is 13.2. The minimum atomic E-state index is -0.959. The largest absolute Gasteiger partial charge is 0.388 e. The van der Waals surface area contributed by atoms with E-state index in [9.17, 15) is 14.3 Å². The molecule has 1 aromatic heterocycles. The number of hydrogen-bond donors (Lipinski definition) is 3. The lowest BCUT2D eigenvalue weighted by molar-refractivity contribution is -0.166. The molecule has 3 N–H and O–H groups in total. The van der Waals surface area contributed by atoms with Crippen LogP contribution in [0.15, 0.2) is 36.7 Å². The zero-order valence-corrected chi connectivity index (χ0v) is 14.0. The predicted molar refractivity (Wildman–Crippen MR) is 89.0 cm³/mol. The van der Waals surface area contributed by atoms with Crippen molar-refractivity contribution in [2.75, 3.05) is 11.9 Å². The molecule has 5 atom stereocenters. The molecule has 0 spiro atoms. The standard InChI is InChI=1S/C17H19FN4O4/c1-9-6-19-22(7-9)14-15(23)13(12-8-25-16(14)26-12)21-17(24)20-11-4-2-3-10(18)5-11/h2-7,12-16,23H,8H2,1H3,(H2,20,21,24)/t12-,13-,14-,15+,16-/m1/s1. The first-order valence-corrected chi connectivity index (χ1v) is 8.30. The zero-order chi connectivity index (χ0) is 18.3. The van der Waals surface area contributed by atoms with Crippen LogP contribution in [0.2, 0.25) is 0 Å². The summed E-state index contributed by atoms with van der Waals surface area (Å²) in [5, 5.41) is 20.3. The number of urea groups is 1. The molecule has 0 radical (unpaired) electrons. The van der Waals surface area contributed by atoms with E-state index in [-0.39, 0.29) is 6.61 Å². The third-order valence-electron chi connectivity index (χ3n) is 4.55. The van der Waals surface area contributed by atoms with E-state index < -0.39 is 42.4 Å². The zero-order valence-electron chi connectivity index (χ0n) is 14.0. The van der Waals surface area contributed by atoms with Crippen LogP contribution in [0.25, 0.3) is 0 Å². The molecule has 2 aliphatic heterocycles. The van der Waals surface area contributed by atoms with Gasteiger partial charge in [-0.2, -0.15) is 5.10 Å². The number of rotatable bonds is 3. The molecule has 1 aromatic carbocycles. The lowest BCUT2D eigenvalue weighted by Crippen LogP contribution is -2.59. The van der Waals surface area contributed by atoms with E-state index in [2.05, 4.69) is 15.7 Å². The average molecular weight is 362 g/mol. The van der Waals surface area contributed by atoms with Crippen molar-refractivity contribution in [3.63, 3.8) is 0 Å². The molecule has 3 heterocycles. The van der Waals surface area contributed by atoms with Gasteiger partial charge in [0.25, 0.3) is 0 Å². The third-order valence-corrected chi connectivity index (χ3v) is 4.55. The van der Waals surface area contributed by atoms with Crippen molar-refractivity contribution < 1.29 is 23.8 Å². The quantitative estimate of drug-likeness (QED) is 0.762. The number of aromatic nitrogens is 2. The highest BCUT2D eigenvalue weighted by atomic mass is 19.1. The second-order valence-corrected chi connectivity index (χ2v) is 6.49. The molecule has 0 saturated carbocycles. The highest BCUT2D eigenvalue weighted by Crippen LogP contribution is 2.35. The molecule has 2 aromatic rings. The van der Waals surface area contributed by atoms with Crippen LogP contribution in [0.4, 0.5) is 14.9 Å². The number of nitrogens with zero attached hydrogens (tertiary/aromatic N) is 2. The first-order chi connectivity index (χ1) is 12.5. The van der Waals surface area contributed by atoms with E-state index in [4.69, 9.17) is 9.47 Å². The predicted octanol–water partition coefficient (Wildman–Crippen LogP) is 1.18. The molecular weight excluding hydrogens is 343 g/mol. The number of carbonyl (C=O) groups is 1. The van der Waals surface area contributed by atoms with Crippen LogP contribution >= 0.6 is 0 Å². The Morgan fingerprint density at radius 1 is 1.46 bits per heavy atom. The van der Waals surface area contributed by atoms with Crippen molar-refractivity contribution in [2.24, 2.45) is 0 Å². The lowest BCUT2D eigenvalue weighted by atomic mass is 9.96. The number of benzene rings is 1. The molecule has 138 valence electrons. The summed E-state index contributed by atoms with van der Waals surface area (Å²) in [4.78, 5) is 12.3. The van der Waals surface area contributed by atoms with Gasteiger partial charge in [0.2, 0.25) is 0 Å². The number of aliphatic hydroxyl groups excluding tert-OH is 1. The van der Waals surface area contributed by atoms with E-state index >= 15 is 0 Å². The summed E-state index contributed by atoms with van der Waals surface area (Å²) in [6.45, 7) is 2.14. The van der Waals surface area contributed by atoms with Crippen LogP contribution in [0.1, 0.15) is 11.6 Å². The summed E-state index contributed by atoms with van der Waals surface area (Å²) < 4.78 is 26.2. The fraction of sp³-hybridized carbons (Fsp3) is 0.412. The van der Waals surface area contributed by atoms with E-state index in [1.807, 2.05) is 6.92 Å². The van der Waals surface area contributed by atoms with Gasteiger partial charge in [-0.3, -0.25) is 4.68 Å². The number of nitrogens with one attached hydrogen (secondary N) is 2. The van der Waals surface area contributed by atoms with Crippen molar-refractivity contribution in [3.8, 4) is 0 Å². The van der Waals surface area contributed by atoms with E-state index in [0.717, 1.165) is 5.56 Å². The number of aryl methyl sites for hydroxylation is 1. The average Bonchev–Trinajstić information content (AvgIpc) is 3.20. The minimum absolute atomic E-state index is 0.253. The molecular formula is C17H19FN4O4. The number of aliphatic hydroxyl groups is 1. The van der Waals surface area contributed by atoms with Gasteiger partial charge in [0.15, 0.2) is 6.29 Å². The first kappa shape index (κ1) is 17.0. The van der Waals surface area contributed by atoms with Gasteiger partial charge in [-0.05, 0) is 30.7 Å². The Hall–Kier alpha value is -2.49. The van der Waals surface area contributed by atoms with Gasteiger partial charge >= 0.3 is 6.03 Å². The van der Waals surface area contributed by atoms with Crippen LogP contribution in [0.5, 0.6) is 0 Å². The monoisotopic (exact) mass is 362 g/mol. The molecule has 9 heteroatoms. The highest BCUT2D eigenvalue weighted by Gasteiger charge is 2.51. The Morgan fingerprint density at radius 3 is 3.04 bits per heavy atom. The van der Waals surface area contributed by atoms with Crippen molar-refractivity contribution >= 4 is 11.7 Å². The number of amides is 2. The van der Waals surface area contributed by atoms with Crippen molar-refractivity contribution in [3.05, 3.63) is 48.0 Å². The van der Waals surface area contributed by atoms with Crippen molar-refractivity contribution in [1.82, 2.24) is 15.1 Å². The Kier molecular flexibility index (Phi) is 4.35. The smallest absolute Gasteiger partial charge is 0.319 e. The molecule has 2 fully saturated rings. The van der Waals surface area contributed by atoms with Gasteiger partial charge in [0.1, 0.15) is 24.1 Å². The molecule has 2 aliphatic rings. The van der Waals surface area contributed by atoms with Crippen LogP contribution in [0.3, 0.4) is 0 Å². The van der Waals surface area contributed by atoms with Gasteiger partial charge in [-0.15, -0.1) is 0 Å². The third kappa shape index (κ3) is 3.16. The van der Waals surface area contributed by atoms with Crippen LogP contribution in [-0.4, -0.2) is 52.1 Å². The minimum Gasteiger partial charge on any atom is -0.388 e. The van der Waals surface area contributed by atoms with E-state index in [0.29, 0.717) is 5.69 Å². The summed E-state index contributed by atoms with van der Waals surface area (Å²) in [6, 6.07) is 3.71. The van der Waals surface area contributed by atoms with Crippen LogP contribution < -0.4 is 10.6 Å². The Morgan fingerprint density at radius 2 is 2.31 bits per heavy atom. The second-order valence-electron chi connectivity index (χ2n) is 6.49. The van der Waals surface area contributed by atoms with Crippen molar-refractivity contribution in [2.45, 2.75) is 37.5 Å². The number of hydrogen-bond acceptors (Lipinski definition) is 5. The van der Waals surface area contributed by atoms with E-state index in [1.165, 1.54) is 18.2 Å². The van der Waals surface area contributed by atoms with Gasteiger partial charge in [-0.1, -0.05) is 6.07 Å². The summed E-state index contributed by atoms with van der Waals surface area (Å²) in [5.41, 5.74) is 1.25. The summed E-state index contributed by atoms with van der Waals surface area (Å²) in [7, 11) is 0. The number of anilines is 1. The molecule has 2 bridgehead atoms. The molecule has 0 unspecified atom stereocenters. The maximum Gasteiger partial charge on any atom is 0.319 e. The number of carbonyl (C=O) groups excluding carboxylic acids is 1. The SMILES string of the molecule is Cc1cnn([C@H]2[C@@H]3OC[C@@H](O3)[C@@H](NC(=O)Nc3cccc(F)c3)[C@@H]2O)c1. The van der Waals surface area contributed by atoms with Gasteiger partial charge in [0, 0.05) is 11.9 Å². The maximum atomic E-state index is 13.2. The fourth-order valence-corrected chi connectivity index (χ4v) is 3.34. The van der Waals surface area contributed by atoms with Gasteiger partial charge in [-0.25, -0.2) is 9.18 Å². The second kappa shape index (κ2) is 6.67. The lowest BCUT2D eigenvalue weighted by Gasteiger charge is -2.38. The molecule has 2 amide bonds. The topological polar surface area (TPSA) is 97.6 Å². The summed E-state index contributed by atoms with van der Waals surface area (Å²) in [6.07, 6.45) is 1.40. The normalized spacial score (nSPS) is 30.2. The van der Waals surface area contributed by atoms with Crippen LogP contribution in [-0.2, 0) is 9.47 Å². The Bertz CT molecular complexity index is 814. The first-order valence-electron chi connectivity index (χ1n) is 8.30. The summed E-state index contributed by atoms with van der Waals surface area (Å²) in [5.74, 6) is -0.454. The van der Waals surface area contributed by atoms with Gasteiger partial charge in [0.05, 0.1) is 18.8 Å². The molecule has 2 saturated heterocycles. The molecule has 8 nitrogen and oxygen atoms in total. The summed E-state index contributed by atoms with van der Waals surface area (Å²) >= 11 is 0. The van der Waals surface area contributed by atoms with Crippen molar-refractivity contribution in [1.29, 1.82) is 0 Å². The molecule has 0 aliphatic carbocycles. The number of ether oxygens (including phenoxy) is 2. The van der Waals surface area contributed by atoms with Crippen LogP contribution in [0, 0.1) is 12.7 Å². The molecule has 4 rings (SSSR count).